The Labute approximate surface area is 186 Å². The molecule has 4 rings (SSSR count). The second-order valence-electron chi connectivity index (χ2n) is 8.94. The van der Waals surface area contributed by atoms with Crippen LogP contribution < -0.4 is 15.5 Å². The third-order valence-corrected chi connectivity index (χ3v) is 6.64. The van der Waals surface area contributed by atoms with Crippen LogP contribution in [0.2, 0.25) is 0 Å². The van der Waals surface area contributed by atoms with E-state index in [1.807, 2.05) is 4.90 Å². The third-order valence-electron chi connectivity index (χ3n) is 6.64. The summed E-state index contributed by atoms with van der Waals surface area (Å²) in [7, 11) is 0. The quantitative estimate of drug-likeness (QED) is 0.421. The number of carbonyl (C=O) groups is 3. The Morgan fingerprint density at radius 3 is 2.50 bits per heavy atom. The summed E-state index contributed by atoms with van der Waals surface area (Å²) in [5.41, 5.74) is 0.232. The molecule has 3 saturated heterocycles. The SMILES string of the molecule is O=CN1CCC(O)(CN2CCN(c3ccc(NC4CCC(=O)NC4=O)cc3F)CC2)CC1. The molecule has 0 saturated carbocycles. The molecular weight excluding hydrogens is 417 g/mol. The summed E-state index contributed by atoms with van der Waals surface area (Å²) in [6.07, 6.45) is 2.62. The van der Waals surface area contributed by atoms with Crippen LogP contribution in [0.15, 0.2) is 18.2 Å². The molecule has 1 atom stereocenters. The summed E-state index contributed by atoms with van der Waals surface area (Å²) in [5.74, 6) is -1.04. The molecule has 0 aromatic heterocycles. The van der Waals surface area contributed by atoms with Crippen molar-refractivity contribution in [2.24, 2.45) is 0 Å². The van der Waals surface area contributed by atoms with Gasteiger partial charge >= 0.3 is 0 Å². The van der Waals surface area contributed by atoms with Crippen molar-refractivity contribution in [1.82, 2.24) is 15.1 Å². The summed E-state index contributed by atoms with van der Waals surface area (Å²) in [4.78, 5) is 39.9. The Balaban J connectivity index is 1.29. The number of piperidine rings is 2. The van der Waals surface area contributed by atoms with Crippen LogP contribution >= 0.6 is 0 Å². The van der Waals surface area contributed by atoms with E-state index in [0.717, 1.165) is 19.5 Å². The zero-order valence-electron chi connectivity index (χ0n) is 18.1. The number of amides is 3. The van der Waals surface area contributed by atoms with Crippen molar-refractivity contribution < 1.29 is 23.9 Å². The van der Waals surface area contributed by atoms with E-state index in [9.17, 15) is 23.9 Å². The molecule has 174 valence electrons. The number of nitrogens with one attached hydrogen (secondary N) is 2. The first-order chi connectivity index (χ1) is 15.3. The molecule has 0 bridgehead atoms. The van der Waals surface area contributed by atoms with Gasteiger partial charge in [-0.15, -0.1) is 0 Å². The number of hydrogen-bond acceptors (Lipinski definition) is 7. The number of benzene rings is 1. The van der Waals surface area contributed by atoms with Gasteiger partial charge in [0.2, 0.25) is 18.2 Å². The van der Waals surface area contributed by atoms with Crippen molar-refractivity contribution >= 4 is 29.6 Å². The molecule has 1 unspecified atom stereocenters. The lowest BCUT2D eigenvalue weighted by molar-refractivity contribution is -0.133. The highest BCUT2D eigenvalue weighted by atomic mass is 19.1. The summed E-state index contributed by atoms with van der Waals surface area (Å²) in [6, 6.07) is 4.29. The van der Waals surface area contributed by atoms with Gasteiger partial charge in [-0.3, -0.25) is 24.6 Å². The molecule has 1 aromatic rings. The topological polar surface area (TPSA) is 105 Å². The summed E-state index contributed by atoms with van der Waals surface area (Å²) >= 11 is 0. The van der Waals surface area contributed by atoms with Gasteiger partial charge in [0.05, 0.1) is 11.3 Å². The second kappa shape index (κ2) is 9.41. The molecule has 32 heavy (non-hydrogen) atoms. The van der Waals surface area contributed by atoms with Gasteiger partial charge in [-0.05, 0) is 37.5 Å². The van der Waals surface area contributed by atoms with Crippen LogP contribution in [-0.4, -0.2) is 90.6 Å². The Morgan fingerprint density at radius 1 is 1.16 bits per heavy atom. The molecular formula is C22H30FN5O4. The number of rotatable bonds is 6. The molecule has 3 aliphatic rings. The molecule has 0 radical (unpaired) electrons. The molecule has 3 fully saturated rings. The second-order valence-corrected chi connectivity index (χ2v) is 8.94. The molecule has 3 heterocycles. The number of nitrogens with zero attached hydrogens (tertiary/aromatic N) is 3. The smallest absolute Gasteiger partial charge is 0.249 e. The number of carbonyl (C=O) groups excluding carboxylic acids is 3. The number of halogens is 1. The highest BCUT2D eigenvalue weighted by molar-refractivity contribution is 6.01. The first kappa shape index (κ1) is 22.5. The van der Waals surface area contributed by atoms with Crippen LogP contribution in [0, 0.1) is 5.82 Å². The minimum absolute atomic E-state index is 0.263. The van der Waals surface area contributed by atoms with E-state index in [1.165, 1.54) is 6.07 Å². The predicted molar refractivity (Wildman–Crippen MR) is 117 cm³/mol. The fourth-order valence-electron chi connectivity index (χ4n) is 4.65. The third kappa shape index (κ3) is 5.18. The number of piperazine rings is 1. The van der Waals surface area contributed by atoms with Gasteiger partial charge < -0.3 is 20.2 Å². The van der Waals surface area contributed by atoms with E-state index in [0.29, 0.717) is 63.4 Å². The average molecular weight is 448 g/mol. The average Bonchev–Trinajstić information content (AvgIpc) is 2.77. The van der Waals surface area contributed by atoms with Crippen molar-refractivity contribution in [3.63, 3.8) is 0 Å². The van der Waals surface area contributed by atoms with Crippen molar-refractivity contribution in [2.75, 3.05) is 56.0 Å². The van der Waals surface area contributed by atoms with Crippen molar-refractivity contribution in [1.29, 1.82) is 0 Å². The first-order valence-corrected chi connectivity index (χ1v) is 11.1. The minimum Gasteiger partial charge on any atom is -0.388 e. The van der Waals surface area contributed by atoms with Crippen molar-refractivity contribution in [3.8, 4) is 0 Å². The van der Waals surface area contributed by atoms with Crippen LogP contribution in [0.25, 0.3) is 0 Å². The van der Waals surface area contributed by atoms with E-state index in [2.05, 4.69) is 15.5 Å². The zero-order chi connectivity index (χ0) is 22.7. The Bertz CT molecular complexity index is 866. The van der Waals surface area contributed by atoms with Crippen LogP contribution in [0.3, 0.4) is 0 Å². The maximum atomic E-state index is 14.8. The van der Waals surface area contributed by atoms with E-state index in [-0.39, 0.29) is 24.1 Å². The van der Waals surface area contributed by atoms with Gasteiger partial charge in [0.25, 0.3) is 0 Å². The molecule has 0 aliphatic carbocycles. The van der Waals surface area contributed by atoms with Crippen LogP contribution in [0.5, 0.6) is 0 Å². The molecule has 0 spiro atoms. The van der Waals surface area contributed by atoms with Crippen LogP contribution in [0.1, 0.15) is 25.7 Å². The Hall–Kier alpha value is -2.72. The Kier molecular flexibility index (Phi) is 6.61. The first-order valence-electron chi connectivity index (χ1n) is 11.1. The number of imide groups is 1. The van der Waals surface area contributed by atoms with E-state index in [1.54, 1.807) is 17.0 Å². The monoisotopic (exact) mass is 447 g/mol. The largest absolute Gasteiger partial charge is 0.388 e. The van der Waals surface area contributed by atoms with Gasteiger partial charge in [0, 0.05) is 57.9 Å². The minimum atomic E-state index is -0.781. The van der Waals surface area contributed by atoms with Gasteiger partial charge in [0.15, 0.2) is 0 Å². The fourth-order valence-corrected chi connectivity index (χ4v) is 4.65. The number of anilines is 2. The van der Waals surface area contributed by atoms with Gasteiger partial charge in [0.1, 0.15) is 11.9 Å². The highest BCUT2D eigenvalue weighted by Gasteiger charge is 2.35. The molecule has 10 heteroatoms. The molecule has 3 N–H and O–H groups in total. The van der Waals surface area contributed by atoms with Crippen molar-refractivity contribution in [2.45, 2.75) is 37.3 Å². The normalized spacial score (nSPS) is 24.2. The van der Waals surface area contributed by atoms with Gasteiger partial charge in [-0.2, -0.15) is 0 Å². The van der Waals surface area contributed by atoms with E-state index >= 15 is 0 Å². The Morgan fingerprint density at radius 2 is 1.88 bits per heavy atom. The standard InChI is InChI=1S/C22H30FN5O4/c23-17-13-16(24-18-2-4-20(30)25-21(18)31)1-3-19(17)28-11-9-26(10-12-28)14-22(32)5-7-27(15-29)8-6-22/h1,3,13,15,18,24,32H,2,4-12,14H2,(H,25,30,31). The lowest BCUT2D eigenvalue weighted by Crippen LogP contribution is -2.55. The molecule has 3 amide bonds. The van der Waals surface area contributed by atoms with E-state index in [4.69, 9.17) is 0 Å². The van der Waals surface area contributed by atoms with Gasteiger partial charge in [-0.25, -0.2) is 4.39 Å². The number of hydrogen-bond donors (Lipinski definition) is 3. The lowest BCUT2D eigenvalue weighted by Gasteiger charge is -2.43. The number of aliphatic hydroxyl groups is 1. The summed E-state index contributed by atoms with van der Waals surface area (Å²) in [5, 5.41) is 16.1. The van der Waals surface area contributed by atoms with Crippen LogP contribution in [-0.2, 0) is 14.4 Å². The summed E-state index contributed by atoms with van der Waals surface area (Å²) < 4.78 is 14.8. The van der Waals surface area contributed by atoms with Gasteiger partial charge in [-0.1, -0.05) is 0 Å². The van der Waals surface area contributed by atoms with E-state index < -0.39 is 11.6 Å². The molecule has 9 nitrogen and oxygen atoms in total. The maximum absolute atomic E-state index is 14.8. The number of likely N-dealkylation sites (tertiary alicyclic amines) is 1. The number of β-amino-alcohol motifs (C(OH)–C–C–N with tert-alkyl or cyclic N) is 1. The lowest BCUT2D eigenvalue weighted by atomic mass is 9.91. The molecule has 3 aliphatic heterocycles. The maximum Gasteiger partial charge on any atom is 0.249 e. The zero-order valence-corrected chi connectivity index (χ0v) is 18.1. The fraction of sp³-hybridized carbons (Fsp3) is 0.591. The predicted octanol–water partition coefficient (Wildman–Crippen LogP) is 0.148. The van der Waals surface area contributed by atoms with Crippen molar-refractivity contribution in [3.05, 3.63) is 24.0 Å². The highest BCUT2D eigenvalue weighted by Crippen LogP contribution is 2.27. The van der Waals surface area contributed by atoms with Crippen LogP contribution in [0.4, 0.5) is 15.8 Å². The molecule has 1 aromatic carbocycles. The summed E-state index contributed by atoms with van der Waals surface area (Å²) in [6.45, 7) is 4.44.